The fourth-order valence-electron chi connectivity index (χ4n) is 2.42. The fraction of sp³-hybridized carbons (Fsp3) is 0.294. The molecule has 0 atom stereocenters. The lowest BCUT2D eigenvalue weighted by molar-refractivity contribution is 0.354. The first kappa shape index (κ1) is 17.1. The van der Waals surface area contributed by atoms with Crippen LogP contribution in [0.1, 0.15) is 11.1 Å². The van der Waals surface area contributed by atoms with Gasteiger partial charge in [0.2, 0.25) is 0 Å². The van der Waals surface area contributed by atoms with E-state index >= 15 is 0 Å². The molecule has 0 saturated heterocycles. The summed E-state index contributed by atoms with van der Waals surface area (Å²) in [6.07, 6.45) is 0. The van der Waals surface area contributed by atoms with Crippen LogP contribution in [-0.4, -0.2) is 29.7 Å². The van der Waals surface area contributed by atoms with E-state index in [9.17, 15) is 8.42 Å². The van der Waals surface area contributed by atoms with Gasteiger partial charge in [0.15, 0.2) is 11.5 Å². The zero-order valence-corrected chi connectivity index (χ0v) is 14.8. The molecular weight excluding hydrogens is 314 g/mol. The second-order valence-electron chi connectivity index (χ2n) is 5.28. The molecule has 0 bridgehead atoms. The highest BCUT2D eigenvalue weighted by Gasteiger charge is 2.24. The second kappa shape index (κ2) is 6.50. The van der Waals surface area contributed by atoms with Crippen LogP contribution in [0.25, 0.3) is 0 Å². The van der Waals surface area contributed by atoms with Crippen LogP contribution in [0.15, 0.2) is 41.3 Å². The van der Waals surface area contributed by atoms with Crippen LogP contribution in [0, 0.1) is 13.8 Å². The Kier molecular flexibility index (Phi) is 4.85. The zero-order chi connectivity index (χ0) is 17.2. The minimum Gasteiger partial charge on any atom is -0.493 e. The van der Waals surface area contributed by atoms with Crippen LogP contribution in [0.2, 0.25) is 0 Å². The largest absolute Gasteiger partial charge is 0.493 e. The summed E-state index contributed by atoms with van der Waals surface area (Å²) >= 11 is 0. The van der Waals surface area contributed by atoms with Crippen LogP contribution in [-0.2, 0) is 10.0 Å². The third-order valence-corrected chi connectivity index (χ3v) is 5.47. The van der Waals surface area contributed by atoms with Crippen molar-refractivity contribution in [1.82, 2.24) is 0 Å². The molecule has 0 fully saturated rings. The van der Waals surface area contributed by atoms with Crippen LogP contribution in [0.5, 0.6) is 11.5 Å². The average Bonchev–Trinajstić information content (AvgIpc) is 2.53. The SMILES string of the molecule is COc1ccc(S(=O)(=O)N(C)c2ccc(C)cc2C)cc1OC. The molecule has 2 aromatic rings. The maximum absolute atomic E-state index is 12.9. The van der Waals surface area contributed by atoms with Crippen molar-refractivity contribution < 1.29 is 17.9 Å². The quantitative estimate of drug-likeness (QED) is 0.842. The predicted octanol–water partition coefficient (Wildman–Crippen LogP) is 3.15. The molecule has 0 aromatic heterocycles. The number of aryl methyl sites for hydroxylation is 2. The highest BCUT2D eigenvalue weighted by Crippen LogP contribution is 2.32. The average molecular weight is 335 g/mol. The standard InChI is InChI=1S/C17H21NO4S/c1-12-6-8-15(13(2)10-12)18(3)23(19,20)14-7-9-16(21-4)17(11-14)22-5/h6-11H,1-5H3. The summed E-state index contributed by atoms with van der Waals surface area (Å²) in [5.41, 5.74) is 2.63. The molecule has 5 nitrogen and oxygen atoms in total. The molecule has 0 N–H and O–H groups in total. The molecule has 6 heteroatoms. The van der Waals surface area contributed by atoms with Gasteiger partial charge in [-0.25, -0.2) is 8.42 Å². The molecule has 0 aliphatic rings. The summed E-state index contributed by atoms with van der Waals surface area (Å²) in [5, 5.41) is 0. The van der Waals surface area contributed by atoms with Crippen molar-refractivity contribution in [2.45, 2.75) is 18.7 Å². The highest BCUT2D eigenvalue weighted by atomic mass is 32.2. The summed E-state index contributed by atoms with van der Waals surface area (Å²) in [7, 11) is 0.840. The van der Waals surface area contributed by atoms with E-state index in [1.807, 2.05) is 32.0 Å². The number of nitrogens with zero attached hydrogens (tertiary/aromatic N) is 1. The summed E-state index contributed by atoms with van der Waals surface area (Å²) < 4.78 is 37.4. The normalized spacial score (nSPS) is 11.2. The van der Waals surface area contributed by atoms with E-state index in [1.54, 1.807) is 13.1 Å². The maximum atomic E-state index is 12.9. The lowest BCUT2D eigenvalue weighted by Crippen LogP contribution is -2.27. The van der Waals surface area contributed by atoms with Crippen LogP contribution in [0.4, 0.5) is 5.69 Å². The van der Waals surface area contributed by atoms with Gasteiger partial charge in [0.05, 0.1) is 24.8 Å². The van der Waals surface area contributed by atoms with E-state index in [4.69, 9.17) is 9.47 Å². The van der Waals surface area contributed by atoms with E-state index in [1.165, 1.54) is 30.7 Å². The number of hydrogen-bond acceptors (Lipinski definition) is 4. The van der Waals surface area contributed by atoms with Gasteiger partial charge in [-0.2, -0.15) is 0 Å². The molecule has 0 unspecified atom stereocenters. The number of hydrogen-bond donors (Lipinski definition) is 0. The smallest absolute Gasteiger partial charge is 0.264 e. The van der Waals surface area contributed by atoms with Crippen molar-refractivity contribution in [3.63, 3.8) is 0 Å². The van der Waals surface area contributed by atoms with Gasteiger partial charge in [0.1, 0.15) is 0 Å². The third-order valence-electron chi connectivity index (χ3n) is 3.70. The van der Waals surface area contributed by atoms with Gasteiger partial charge >= 0.3 is 0 Å². The highest BCUT2D eigenvalue weighted by molar-refractivity contribution is 7.92. The van der Waals surface area contributed by atoms with Crippen molar-refractivity contribution in [2.24, 2.45) is 0 Å². The molecule has 0 spiro atoms. The van der Waals surface area contributed by atoms with E-state index in [0.717, 1.165) is 11.1 Å². The molecule has 0 radical (unpaired) electrons. The van der Waals surface area contributed by atoms with Gasteiger partial charge < -0.3 is 9.47 Å². The van der Waals surface area contributed by atoms with Gasteiger partial charge in [-0.1, -0.05) is 17.7 Å². The number of anilines is 1. The molecule has 0 aliphatic heterocycles. The Morgan fingerprint density at radius 1 is 0.913 bits per heavy atom. The van der Waals surface area contributed by atoms with Gasteiger partial charge in [-0.15, -0.1) is 0 Å². The lowest BCUT2D eigenvalue weighted by atomic mass is 10.1. The molecule has 0 heterocycles. The van der Waals surface area contributed by atoms with E-state index in [2.05, 4.69) is 0 Å². The Labute approximate surface area is 137 Å². The molecule has 2 rings (SSSR count). The maximum Gasteiger partial charge on any atom is 0.264 e. The molecule has 124 valence electrons. The van der Waals surface area contributed by atoms with E-state index < -0.39 is 10.0 Å². The van der Waals surface area contributed by atoms with Crippen molar-refractivity contribution in [2.75, 3.05) is 25.6 Å². The van der Waals surface area contributed by atoms with Gasteiger partial charge in [-0.05, 0) is 37.6 Å². The predicted molar refractivity (Wildman–Crippen MR) is 91.1 cm³/mol. The van der Waals surface area contributed by atoms with Crippen LogP contribution < -0.4 is 13.8 Å². The Morgan fingerprint density at radius 2 is 1.57 bits per heavy atom. The fourth-order valence-corrected chi connectivity index (χ4v) is 3.70. The third kappa shape index (κ3) is 3.27. The molecule has 0 aliphatic carbocycles. The molecule has 23 heavy (non-hydrogen) atoms. The van der Waals surface area contributed by atoms with Crippen molar-refractivity contribution in [3.05, 3.63) is 47.5 Å². The first-order chi connectivity index (χ1) is 10.8. The Hall–Kier alpha value is -2.21. The van der Waals surface area contributed by atoms with Gasteiger partial charge in [0.25, 0.3) is 10.0 Å². The van der Waals surface area contributed by atoms with Gasteiger partial charge in [0, 0.05) is 13.1 Å². The second-order valence-corrected chi connectivity index (χ2v) is 7.25. The first-order valence-corrected chi connectivity index (χ1v) is 8.53. The van der Waals surface area contributed by atoms with Gasteiger partial charge in [-0.3, -0.25) is 4.31 Å². The summed E-state index contributed by atoms with van der Waals surface area (Å²) in [5.74, 6) is 0.864. The number of ether oxygens (including phenoxy) is 2. The Balaban J connectivity index is 2.49. The molecule has 2 aromatic carbocycles. The molecule has 0 amide bonds. The topological polar surface area (TPSA) is 55.8 Å². The summed E-state index contributed by atoms with van der Waals surface area (Å²) in [6.45, 7) is 3.86. The monoisotopic (exact) mass is 335 g/mol. The summed E-state index contributed by atoms with van der Waals surface area (Å²) in [4.78, 5) is 0.151. The minimum absolute atomic E-state index is 0.151. The number of sulfonamides is 1. The van der Waals surface area contributed by atoms with Crippen molar-refractivity contribution >= 4 is 15.7 Å². The number of benzene rings is 2. The summed E-state index contributed by atoms with van der Waals surface area (Å²) in [6, 6.07) is 10.2. The van der Waals surface area contributed by atoms with Crippen molar-refractivity contribution in [3.8, 4) is 11.5 Å². The van der Waals surface area contributed by atoms with E-state index in [-0.39, 0.29) is 4.90 Å². The first-order valence-electron chi connectivity index (χ1n) is 7.09. The lowest BCUT2D eigenvalue weighted by Gasteiger charge is -2.22. The Bertz CT molecular complexity index is 815. The van der Waals surface area contributed by atoms with Crippen molar-refractivity contribution in [1.29, 1.82) is 0 Å². The van der Waals surface area contributed by atoms with E-state index in [0.29, 0.717) is 17.2 Å². The van der Waals surface area contributed by atoms with Crippen LogP contribution >= 0.6 is 0 Å². The molecular formula is C17H21NO4S. The Morgan fingerprint density at radius 3 is 2.13 bits per heavy atom. The zero-order valence-electron chi connectivity index (χ0n) is 14.0. The number of rotatable bonds is 5. The minimum atomic E-state index is -3.69. The number of methoxy groups -OCH3 is 2. The van der Waals surface area contributed by atoms with Crippen LogP contribution in [0.3, 0.4) is 0 Å². The molecule has 0 saturated carbocycles.